The van der Waals surface area contributed by atoms with E-state index in [4.69, 9.17) is 0 Å². The van der Waals surface area contributed by atoms with Crippen molar-refractivity contribution in [2.45, 2.75) is 44.8 Å². The number of likely N-dealkylation sites (N-methyl/N-ethyl adjacent to an activating group) is 1. The molecular formula is C15H22BrN3O2. The number of aliphatic hydroxyl groups excluding tert-OH is 1. The molecule has 1 fully saturated rings. The molecule has 2 unspecified atom stereocenters. The molecule has 0 aliphatic heterocycles. The lowest BCUT2D eigenvalue weighted by Gasteiger charge is -2.35. The highest BCUT2D eigenvalue weighted by Crippen LogP contribution is 2.26. The molecule has 1 aromatic rings. The number of anilines is 1. The Morgan fingerprint density at radius 2 is 2.24 bits per heavy atom. The van der Waals surface area contributed by atoms with E-state index in [2.05, 4.69) is 26.2 Å². The summed E-state index contributed by atoms with van der Waals surface area (Å²) in [6.45, 7) is 2.66. The average molecular weight is 356 g/mol. The van der Waals surface area contributed by atoms with Crippen LogP contribution in [0.3, 0.4) is 0 Å². The molecule has 0 aromatic carbocycles. The summed E-state index contributed by atoms with van der Waals surface area (Å²) in [4.78, 5) is 18.7. The highest BCUT2D eigenvalue weighted by molar-refractivity contribution is 9.10. The van der Waals surface area contributed by atoms with Crippen LogP contribution in [0.4, 0.5) is 5.82 Å². The van der Waals surface area contributed by atoms with Gasteiger partial charge in [-0.2, -0.15) is 0 Å². The molecule has 1 heterocycles. The maximum Gasteiger partial charge on any atom is 0.257 e. The largest absolute Gasteiger partial charge is 0.391 e. The van der Waals surface area contributed by atoms with Crippen LogP contribution < -0.4 is 5.32 Å². The van der Waals surface area contributed by atoms with Crippen molar-refractivity contribution in [3.05, 3.63) is 22.3 Å². The first-order chi connectivity index (χ1) is 10.0. The highest BCUT2D eigenvalue weighted by Gasteiger charge is 2.30. The fourth-order valence-electron chi connectivity index (χ4n) is 2.79. The van der Waals surface area contributed by atoms with Crippen molar-refractivity contribution in [3.63, 3.8) is 0 Å². The lowest BCUT2D eigenvalue weighted by molar-refractivity contribution is 0.0268. The Kier molecular flexibility index (Phi) is 5.58. The summed E-state index contributed by atoms with van der Waals surface area (Å²) in [5.74, 6) is 0.480. The second kappa shape index (κ2) is 7.22. The van der Waals surface area contributed by atoms with E-state index in [0.717, 1.165) is 30.2 Å². The quantitative estimate of drug-likeness (QED) is 0.871. The number of nitrogens with zero attached hydrogens (tertiary/aromatic N) is 2. The molecule has 1 aliphatic carbocycles. The number of aromatic nitrogens is 1. The van der Waals surface area contributed by atoms with Crippen molar-refractivity contribution in [1.82, 2.24) is 9.88 Å². The maximum atomic E-state index is 12.8. The molecule has 1 saturated carbocycles. The standard InChI is InChI=1S/C15H22BrN3O2/c1-3-17-14-11(8-10(16)9-18-14)15(21)19(2)12-6-4-5-7-13(12)20/h8-9,12-13,20H,3-7H2,1-2H3,(H,17,18). The van der Waals surface area contributed by atoms with E-state index in [1.54, 1.807) is 24.2 Å². The molecule has 2 N–H and O–H groups in total. The van der Waals surface area contributed by atoms with E-state index < -0.39 is 6.10 Å². The third-order valence-electron chi connectivity index (χ3n) is 3.94. The maximum absolute atomic E-state index is 12.8. The number of carbonyl (C=O) groups is 1. The first-order valence-electron chi connectivity index (χ1n) is 7.39. The number of carbonyl (C=O) groups excluding carboxylic acids is 1. The summed E-state index contributed by atoms with van der Waals surface area (Å²) >= 11 is 3.36. The van der Waals surface area contributed by atoms with Crippen molar-refractivity contribution in [3.8, 4) is 0 Å². The summed E-state index contributed by atoms with van der Waals surface area (Å²) < 4.78 is 0.769. The van der Waals surface area contributed by atoms with Gasteiger partial charge in [-0.3, -0.25) is 4.79 Å². The Morgan fingerprint density at radius 3 is 2.90 bits per heavy atom. The predicted molar refractivity (Wildman–Crippen MR) is 86.5 cm³/mol. The topological polar surface area (TPSA) is 65.5 Å². The number of nitrogens with one attached hydrogen (secondary N) is 1. The lowest BCUT2D eigenvalue weighted by Crippen LogP contribution is -2.46. The molecule has 1 aromatic heterocycles. The zero-order valence-corrected chi connectivity index (χ0v) is 14.1. The molecule has 0 saturated heterocycles. The summed E-state index contributed by atoms with van der Waals surface area (Å²) in [7, 11) is 1.76. The Labute approximate surface area is 133 Å². The number of pyridine rings is 1. The number of hydrogen-bond acceptors (Lipinski definition) is 4. The second-order valence-corrected chi connectivity index (χ2v) is 6.33. The Bertz CT molecular complexity index is 510. The number of hydrogen-bond donors (Lipinski definition) is 2. The van der Waals surface area contributed by atoms with E-state index in [9.17, 15) is 9.90 Å². The zero-order chi connectivity index (χ0) is 15.4. The molecule has 1 aliphatic rings. The predicted octanol–water partition coefficient (Wildman–Crippen LogP) is 2.65. The van der Waals surface area contributed by atoms with Gasteiger partial charge >= 0.3 is 0 Å². The summed E-state index contributed by atoms with van der Waals surface area (Å²) in [6.07, 6.45) is 4.93. The van der Waals surface area contributed by atoms with Crippen LogP contribution in [0.15, 0.2) is 16.7 Å². The molecule has 5 nitrogen and oxygen atoms in total. The van der Waals surface area contributed by atoms with E-state index >= 15 is 0 Å². The lowest BCUT2D eigenvalue weighted by atomic mass is 9.91. The van der Waals surface area contributed by atoms with E-state index in [1.165, 1.54) is 0 Å². The average Bonchev–Trinajstić information content (AvgIpc) is 2.48. The van der Waals surface area contributed by atoms with Crippen LogP contribution in [0.5, 0.6) is 0 Å². The van der Waals surface area contributed by atoms with Gasteiger partial charge in [0, 0.05) is 24.3 Å². The van der Waals surface area contributed by atoms with Crippen molar-refractivity contribution < 1.29 is 9.90 Å². The normalized spacial score (nSPS) is 21.9. The van der Waals surface area contributed by atoms with Gasteiger partial charge in [0.2, 0.25) is 0 Å². The number of rotatable bonds is 4. The summed E-state index contributed by atoms with van der Waals surface area (Å²) in [5, 5.41) is 13.2. The van der Waals surface area contributed by atoms with Crippen molar-refractivity contribution >= 4 is 27.7 Å². The third-order valence-corrected chi connectivity index (χ3v) is 4.37. The minimum absolute atomic E-state index is 0.106. The summed E-state index contributed by atoms with van der Waals surface area (Å²) in [5.41, 5.74) is 0.534. The van der Waals surface area contributed by atoms with Gasteiger partial charge in [0.25, 0.3) is 5.91 Å². The SMILES string of the molecule is CCNc1ncc(Br)cc1C(=O)N(C)C1CCCCC1O. The molecule has 1 amide bonds. The Balaban J connectivity index is 2.23. The van der Waals surface area contributed by atoms with Crippen LogP contribution in [-0.4, -0.2) is 46.6 Å². The molecular weight excluding hydrogens is 334 g/mol. The van der Waals surface area contributed by atoms with Gasteiger partial charge in [-0.05, 0) is 41.8 Å². The van der Waals surface area contributed by atoms with Crippen LogP contribution in [0, 0.1) is 0 Å². The number of aliphatic hydroxyl groups is 1. The Morgan fingerprint density at radius 1 is 1.52 bits per heavy atom. The van der Waals surface area contributed by atoms with Crippen LogP contribution in [0.25, 0.3) is 0 Å². The van der Waals surface area contributed by atoms with Crippen LogP contribution >= 0.6 is 15.9 Å². The number of halogens is 1. The minimum Gasteiger partial charge on any atom is -0.391 e. The van der Waals surface area contributed by atoms with E-state index in [0.29, 0.717) is 17.9 Å². The fraction of sp³-hybridized carbons (Fsp3) is 0.600. The van der Waals surface area contributed by atoms with Crippen molar-refractivity contribution in [1.29, 1.82) is 0 Å². The third kappa shape index (κ3) is 3.74. The molecule has 0 spiro atoms. The highest BCUT2D eigenvalue weighted by atomic mass is 79.9. The first kappa shape index (κ1) is 16.2. The molecule has 6 heteroatoms. The zero-order valence-electron chi connectivity index (χ0n) is 12.5. The Hall–Kier alpha value is -1.14. The van der Waals surface area contributed by atoms with Crippen LogP contribution in [0.1, 0.15) is 43.0 Å². The summed E-state index contributed by atoms with van der Waals surface area (Å²) in [6, 6.07) is 1.67. The minimum atomic E-state index is -0.435. The molecule has 116 valence electrons. The number of amides is 1. The van der Waals surface area contributed by atoms with Gasteiger partial charge in [-0.1, -0.05) is 12.8 Å². The van der Waals surface area contributed by atoms with Crippen molar-refractivity contribution in [2.24, 2.45) is 0 Å². The molecule has 0 radical (unpaired) electrons. The van der Waals surface area contributed by atoms with Gasteiger partial charge in [-0.15, -0.1) is 0 Å². The van der Waals surface area contributed by atoms with Gasteiger partial charge < -0.3 is 15.3 Å². The fourth-order valence-corrected chi connectivity index (χ4v) is 3.13. The van der Waals surface area contributed by atoms with Gasteiger partial charge in [0.15, 0.2) is 0 Å². The molecule has 2 rings (SSSR count). The van der Waals surface area contributed by atoms with E-state index in [1.807, 2.05) is 6.92 Å². The molecule has 21 heavy (non-hydrogen) atoms. The second-order valence-electron chi connectivity index (χ2n) is 5.42. The molecule has 0 bridgehead atoms. The van der Waals surface area contributed by atoms with Crippen LogP contribution in [0.2, 0.25) is 0 Å². The first-order valence-corrected chi connectivity index (χ1v) is 8.18. The van der Waals surface area contributed by atoms with Crippen molar-refractivity contribution in [2.75, 3.05) is 18.9 Å². The monoisotopic (exact) mass is 355 g/mol. The van der Waals surface area contributed by atoms with Crippen LogP contribution in [-0.2, 0) is 0 Å². The van der Waals surface area contributed by atoms with Gasteiger partial charge in [-0.25, -0.2) is 4.98 Å². The van der Waals surface area contributed by atoms with E-state index in [-0.39, 0.29) is 11.9 Å². The smallest absolute Gasteiger partial charge is 0.257 e. The van der Waals surface area contributed by atoms with Gasteiger partial charge in [0.05, 0.1) is 17.7 Å². The molecule has 2 atom stereocenters. The van der Waals surface area contributed by atoms with Gasteiger partial charge in [0.1, 0.15) is 5.82 Å².